The van der Waals surface area contributed by atoms with Gasteiger partial charge in [0.25, 0.3) is 5.91 Å². The number of pyridine rings is 1. The molecule has 2 aliphatic rings. The molecule has 3 amide bonds. The van der Waals surface area contributed by atoms with Crippen molar-refractivity contribution in [3.63, 3.8) is 0 Å². The number of benzene rings is 3. The average Bonchev–Trinajstić information content (AvgIpc) is 3.70. The zero-order valence-electron chi connectivity index (χ0n) is 25.4. The predicted octanol–water partition coefficient (Wildman–Crippen LogP) is 7.14. The van der Waals surface area contributed by atoms with Gasteiger partial charge in [0.15, 0.2) is 11.5 Å². The van der Waals surface area contributed by atoms with Gasteiger partial charge in [-0.3, -0.25) is 9.78 Å². The van der Waals surface area contributed by atoms with E-state index in [2.05, 4.69) is 20.6 Å². The number of urea groups is 1. The van der Waals surface area contributed by atoms with Gasteiger partial charge in [0, 0.05) is 30.3 Å². The van der Waals surface area contributed by atoms with E-state index in [1.54, 1.807) is 25.4 Å². The van der Waals surface area contributed by atoms with Gasteiger partial charge >= 0.3 is 6.03 Å². The number of likely N-dealkylation sites (tertiary alicyclic amines) is 1. The average molecular weight is 684 g/mol. The summed E-state index contributed by atoms with van der Waals surface area (Å²) in [4.78, 5) is 32.2. The Hall–Kier alpha value is -4.33. The van der Waals surface area contributed by atoms with Crippen LogP contribution in [0.5, 0.6) is 23.0 Å². The summed E-state index contributed by atoms with van der Waals surface area (Å²) in [5.41, 5.74) is 2.94. The minimum atomic E-state index is -1.07. The van der Waals surface area contributed by atoms with Crippen LogP contribution in [0.2, 0.25) is 5.02 Å². The molecule has 1 unspecified atom stereocenters. The Labute approximate surface area is 279 Å². The molecule has 246 valence electrons. The van der Waals surface area contributed by atoms with Gasteiger partial charge in [-0.1, -0.05) is 17.7 Å². The summed E-state index contributed by atoms with van der Waals surface area (Å²) < 4.78 is 46.6. The SMILES string of the molecule is COc1cc2c(Oc3ccc(NC(=O)NN4C(=O)CSC4c4c(F)cccc4F)c(Cl)c3)ccnc2cc1OCCCN1CCCC1. The smallest absolute Gasteiger partial charge is 0.338 e. The third-order valence-electron chi connectivity index (χ3n) is 7.81. The first-order chi connectivity index (χ1) is 22.8. The lowest BCUT2D eigenvalue weighted by molar-refractivity contribution is -0.130. The van der Waals surface area contributed by atoms with E-state index in [0.29, 0.717) is 40.5 Å². The third-order valence-corrected chi connectivity index (χ3v) is 9.30. The number of hydrogen-bond donors (Lipinski definition) is 2. The monoisotopic (exact) mass is 683 g/mol. The fourth-order valence-corrected chi connectivity index (χ4v) is 6.89. The Bertz CT molecular complexity index is 1770. The highest BCUT2D eigenvalue weighted by Gasteiger charge is 2.37. The van der Waals surface area contributed by atoms with Crippen LogP contribution in [-0.2, 0) is 4.79 Å². The molecule has 2 fully saturated rings. The molecule has 0 saturated carbocycles. The van der Waals surface area contributed by atoms with E-state index < -0.39 is 28.9 Å². The fraction of sp³-hybridized carbons (Fsp3) is 0.303. The largest absolute Gasteiger partial charge is 0.493 e. The molecule has 2 N–H and O–H groups in total. The van der Waals surface area contributed by atoms with Crippen molar-refractivity contribution in [2.24, 2.45) is 0 Å². The lowest BCUT2D eigenvalue weighted by Gasteiger charge is -2.25. The van der Waals surface area contributed by atoms with Crippen LogP contribution in [0.25, 0.3) is 10.9 Å². The van der Waals surface area contributed by atoms with Gasteiger partial charge in [-0.05, 0) is 68.8 Å². The molecule has 2 aliphatic heterocycles. The molecule has 0 radical (unpaired) electrons. The van der Waals surface area contributed by atoms with Gasteiger partial charge in [-0.2, -0.15) is 0 Å². The Balaban J connectivity index is 1.11. The Kier molecular flexibility index (Phi) is 10.1. The summed E-state index contributed by atoms with van der Waals surface area (Å²) in [7, 11) is 1.58. The van der Waals surface area contributed by atoms with E-state index in [-0.39, 0.29) is 22.0 Å². The lowest BCUT2D eigenvalue weighted by atomic mass is 10.1. The third kappa shape index (κ3) is 7.47. The first-order valence-electron chi connectivity index (χ1n) is 15.0. The number of hydrazine groups is 1. The molecule has 10 nitrogen and oxygen atoms in total. The summed E-state index contributed by atoms with van der Waals surface area (Å²) in [6.07, 6.45) is 5.05. The molecule has 1 aromatic heterocycles. The Morgan fingerprint density at radius 2 is 1.85 bits per heavy atom. The number of nitrogens with one attached hydrogen (secondary N) is 2. The van der Waals surface area contributed by atoms with Crippen LogP contribution < -0.4 is 25.0 Å². The van der Waals surface area contributed by atoms with Crippen LogP contribution in [0.15, 0.2) is 60.8 Å². The van der Waals surface area contributed by atoms with Crippen LogP contribution in [0.1, 0.15) is 30.2 Å². The summed E-state index contributed by atoms with van der Waals surface area (Å²) in [5, 5.41) is 3.24. The standard InChI is InChI=1S/C33H32ClF2N5O5S/c1-44-28-17-21-26(18-29(28)45-15-5-14-40-12-2-3-13-40)37-11-10-27(21)46-20-8-9-25(22(34)16-20)38-33(43)39-41-30(42)19-47-32(41)31-23(35)6-4-7-24(31)36/h4,6-11,16-18,32H,2-3,5,12-15,19H2,1H3,(H2,38,39,43). The zero-order chi connectivity index (χ0) is 32.9. The van der Waals surface area contributed by atoms with Crippen LogP contribution in [0.3, 0.4) is 0 Å². The summed E-state index contributed by atoms with van der Waals surface area (Å²) in [6.45, 7) is 3.85. The number of carbonyl (C=O) groups is 2. The molecular weight excluding hydrogens is 652 g/mol. The number of thioether (sulfide) groups is 1. The first kappa shape index (κ1) is 32.6. The van der Waals surface area contributed by atoms with Crippen LogP contribution >= 0.6 is 23.4 Å². The zero-order valence-corrected chi connectivity index (χ0v) is 27.0. The number of ether oxygens (including phenoxy) is 3. The van der Waals surface area contributed by atoms with Crippen molar-refractivity contribution in [1.82, 2.24) is 20.3 Å². The van der Waals surface area contributed by atoms with Crippen molar-refractivity contribution in [2.75, 3.05) is 44.4 Å². The maximum Gasteiger partial charge on any atom is 0.338 e. The fourth-order valence-electron chi connectivity index (χ4n) is 5.52. The molecular formula is C33H32ClF2N5O5S. The maximum absolute atomic E-state index is 14.4. The molecule has 3 heterocycles. The van der Waals surface area contributed by atoms with E-state index >= 15 is 0 Å². The maximum atomic E-state index is 14.4. The van der Waals surface area contributed by atoms with Gasteiger partial charge in [0.05, 0.1) is 41.3 Å². The number of nitrogens with zero attached hydrogens (tertiary/aromatic N) is 3. The number of fused-ring (bicyclic) bond motifs is 1. The minimum absolute atomic E-state index is 0.0612. The van der Waals surface area contributed by atoms with Crippen molar-refractivity contribution >= 4 is 51.9 Å². The number of methoxy groups -OCH3 is 1. The summed E-state index contributed by atoms with van der Waals surface area (Å²) in [6, 6.07) is 12.6. The Morgan fingerprint density at radius 1 is 1.06 bits per heavy atom. The molecule has 0 spiro atoms. The Morgan fingerprint density at radius 3 is 2.60 bits per heavy atom. The van der Waals surface area contributed by atoms with Gasteiger partial charge in [0.1, 0.15) is 28.5 Å². The van der Waals surface area contributed by atoms with Gasteiger partial charge in [0.2, 0.25) is 0 Å². The van der Waals surface area contributed by atoms with Gasteiger partial charge in [-0.15, -0.1) is 11.8 Å². The first-order valence-corrected chi connectivity index (χ1v) is 16.5. The molecule has 3 aromatic carbocycles. The van der Waals surface area contributed by atoms with Gasteiger partial charge < -0.3 is 24.4 Å². The number of halogens is 3. The number of anilines is 1. The number of amides is 3. The van der Waals surface area contributed by atoms with E-state index in [1.165, 1.54) is 31.0 Å². The quantitative estimate of drug-likeness (QED) is 0.161. The van der Waals surface area contributed by atoms with E-state index in [0.717, 1.165) is 55.0 Å². The molecule has 0 aliphatic carbocycles. The van der Waals surface area contributed by atoms with Crippen molar-refractivity contribution < 1.29 is 32.6 Å². The summed E-state index contributed by atoms with van der Waals surface area (Å²) >= 11 is 7.48. The van der Waals surface area contributed by atoms with Crippen LogP contribution in [0, 0.1) is 11.6 Å². The van der Waals surface area contributed by atoms with Gasteiger partial charge in [-0.25, -0.2) is 24.0 Å². The molecule has 1 atom stereocenters. The number of aromatic nitrogens is 1. The second-order valence-corrected chi connectivity index (χ2v) is 12.4. The van der Waals surface area contributed by atoms with Crippen molar-refractivity contribution in [3.8, 4) is 23.0 Å². The normalized spacial score (nSPS) is 16.5. The van der Waals surface area contributed by atoms with Crippen LogP contribution in [-0.4, -0.2) is 65.9 Å². The predicted molar refractivity (Wildman–Crippen MR) is 176 cm³/mol. The van der Waals surface area contributed by atoms with Crippen molar-refractivity contribution in [3.05, 3.63) is 83.0 Å². The lowest BCUT2D eigenvalue weighted by Crippen LogP contribution is -2.46. The number of hydrogen-bond acceptors (Lipinski definition) is 8. The second-order valence-electron chi connectivity index (χ2n) is 11.0. The highest BCUT2D eigenvalue weighted by molar-refractivity contribution is 8.00. The van der Waals surface area contributed by atoms with E-state index in [4.69, 9.17) is 25.8 Å². The van der Waals surface area contributed by atoms with E-state index in [9.17, 15) is 18.4 Å². The number of carbonyl (C=O) groups excluding carboxylic acids is 2. The molecule has 4 aromatic rings. The minimum Gasteiger partial charge on any atom is -0.493 e. The van der Waals surface area contributed by atoms with Crippen molar-refractivity contribution in [1.29, 1.82) is 0 Å². The number of rotatable bonds is 11. The summed E-state index contributed by atoms with van der Waals surface area (Å²) in [5.74, 6) is -0.173. The molecule has 6 rings (SSSR count). The van der Waals surface area contributed by atoms with Crippen LogP contribution in [0.4, 0.5) is 19.3 Å². The highest BCUT2D eigenvalue weighted by Crippen LogP contribution is 2.40. The molecule has 14 heteroatoms. The van der Waals surface area contributed by atoms with Crippen molar-refractivity contribution in [2.45, 2.75) is 24.6 Å². The molecule has 2 saturated heterocycles. The second kappa shape index (κ2) is 14.6. The van der Waals surface area contributed by atoms with E-state index in [1.807, 2.05) is 12.1 Å². The molecule has 0 bridgehead atoms. The molecule has 47 heavy (non-hydrogen) atoms. The topological polar surface area (TPSA) is 105 Å². The highest BCUT2D eigenvalue weighted by atomic mass is 35.5.